The van der Waals surface area contributed by atoms with Gasteiger partial charge in [0.25, 0.3) is 0 Å². The molecule has 0 amide bonds. The highest BCUT2D eigenvalue weighted by atomic mass is 35.5. The van der Waals surface area contributed by atoms with Gasteiger partial charge >= 0.3 is 5.97 Å². The molecular formula is C25H39ClO3. The van der Waals surface area contributed by atoms with E-state index in [2.05, 4.69) is 45.0 Å². The first-order chi connectivity index (χ1) is 13.6. The lowest BCUT2D eigenvalue weighted by Crippen LogP contribution is -2.19. The van der Waals surface area contributed by atoms with Crippen LogP contribution in [0.2, 0.25) is 0 Å². The van der Waals surface area contributed by atoms with Gasteiger partial charge in [0.15, 0.2) is 0 Å². The summed E-state index contributed by atoms with van der Waals surface area (Å²) in [5.41, 5.74) is 2.64. The van der Waals surface area contributed by atoms with Gasteiger partial charge in [0.2, 0.25) is 0 Å². The van der Waals surface area contributed by atoms with Gasteiger partial charge in [-0.2, -0.15) is 0 Å². The first-order valence-corrected chi connectivity index (χ1v) is 11.6. The van der Waals surface area contributed by atoms with Crippen LogP contribution in [0.1, 0.15) is 96.6 Å². The van der Waals surface area contributed by atoms with Crippen molar-refractivity contribution in [2.75, 3.05) is 0 Å². The Hall–Kier alpha value is -1.06. The van der Waals surface area contributed by atoms with Gasteiger partial charge in [-0.3, -0.25) is 4.79 Å². The fourth-order valence-corrected chi connectivity index (χ4v) is 4.89. The van der Waals surface area contributed by atoms with Gasteiger partial charge in [0.05, 0.1) is 12.2 Å². The summed E-state index contributed by atoms with van der Waals surface area (Å²) in [6.07, 6.45) is 5.85. The maximum absolute atomic E-state index is 11.6. The van der Waals surface area contributed by atoms with Crippen LogP contribution in [-0.2, 0) is 14.9 Å². The summed E-state index contributed by atoms with van der Waals surface area (Å²) in [5, 5.41) is 10.7. The number of aliphatic hydroxyl groups excluding tert-OH is 1. The predicted molar refractivity (Wildman–Crippen MR) is 121 cm³/mol. The van der Waals surface area contributed by atoms with Crippen LogP contribution in [0.4, 0.5) is 0 Å². The van der Waals surface area contributed by atoms with Crippen molar-refractivity contribution in [1.82, 2.24) is 0 Å². The second-order valence-corrected chi connectivity index (χ2v) is 10.4. The SMILES string of the molecule is CC(C)OC(=O)CCCCCCC1C(Cl)CC(O)C1c1ccc(C(C)(C)C)cc1. The van der Waals surface area contributed by atoms with Crippen LogP contribution in [0.25, 0.3) is 0 Å². The molecule has 1 aliphatic carbocycles. The highest BCUT2D eigenvalue weighted by molar-refractivity contribution is 6.21. The molecule has 4 heteroatoms. The first-order valence-electron chi connectivity index (χ1n) is 11.2. The van der Waals surface area contributed by atoms with Crippen LogP contribution in [-0.4, -0.2) is 28.7 Å². The van der Waals surface area contributed by atoms with E-state index in [0.29, 0.717) is 18.8 Å². The molecule has 1 aromatic carbocycles. The van der Waals surface area contributed by atoms with Gasteiger partial charge in [-0.1, -0.05) is 64.3 Å². The van der Waals surface area contributed by atoms with Crippen LogP contribution in [0, 0.1) is 5.92 Å². The fraction of sp³-hybridized carbons (Fsp3) is 0.720. The van der Waals surface area contributed by atoms with Crippen molar-refractivity contribution in [1.29, 1.82) is 0 Å². The molecule has 164 valence electrons. The Morgan fingerprint density at radius 2 is 1.76 bits per heavy atom. The van der Waals surface area contributed by atoms with Gasteiger partial charge in [0, 0.05) is 17.7 Å². The topological polar surface area (TPSA) is 46.5 Å². The predicted octanol–water partition coefficient (Wildman–Crippen LogP) is 6.35. The third-order valence-corrected chi connectivity index (χ3v) is 6.51. The van der Waals surface area contributed by atoms with Crippen molar-refractivity contribution in [2.45, 2.75) is 108 Å². The van der Waals surface area contributed by atoms with Crippen LogP contribution >= 0.6 is 11.6 Å². The zero-order valence-electron chi connectivity index (χ0n) is 18.8. The number of benzene rings is 1. The van der Waals surface area contributed by atoms with Crippen molar-refractivity contribution in [2.24, 2.45) is 5.92 Å². The molecule has 0 aliphatic heterocycles. The third-order valence-electron chi connectivity index (χ3n) is 6.00. The molecule has 3 nitrogen and oxygen atoms in total. The molecule has 29 heavy (non-hydrogen) atoms. The fourth-order valence-electron chi connectivity index (χ4n) is 4.42. The number of halogens is 1. The average molecular weight is 423 g/mol. The van der Waals surface area contributed by atoms with Gasteiger partial charge in [-0.05, 0) is 55.6 Å². The van der Waals surface area contributed by atoms with Gasteiger partial charge in [-0.25, -0.2) is 0 Å². The Labute approximate surface area is 182 Å². The number of alkyl halides is 1. The Morgan fingerprint density at radius 3 is 2.34 bits per heavy atom. The number of hydrogen-bond donors (Lipinski definition) is 1. The summed E-state index contributed by atoms with van der Waals surface area (Å²) >= 11 is 6.63. The van der Waals surface area contributed by atoms with E-state index in [0.717, 1.165) is 32.1 Å². The molecule has 0 spiro atoms. The standard InChI is InChI=1S/C25H39ClO3/c1-17(2)29-23(28)11-9-7-6-8-10-20-21(26)16-22(27)24(20)18-12-14-19(15-13-18)25(3,4)5/h12-15,17,20-22,24,27H,6-11,16H2,1-5H3. The van der Waals surface area contributed by atoms with Crippen LogP contribution in [0.5, 0.6) is 0 Å². The molecule has 1 fully saturated rings. The van der Waals surface area contributed by atoms with E-state index in [1.54, 1.807) is 0 Å². The lowest BCUT2D eigenvalue weighted by atomic mass is 9.81. The number of aliphatic hydroxyl groups is 1. The van der Waals surface area contributed by atoms with Crippen LogP contribution in [0.3, 0.4) is 0 Å². The molecule has 1 saturated carbocycles. The molecule has 0 heterocycles. The summed E-state index contributed by atoms with van der Waals surface area (Å²) in [7, 11) is 0. The third kappa shape index (κ3) is 7.29. The second-order valence-electron chi connectivity index (χ2n) is 9.87. The zero-order chi connectivity index (χ0) is 21.6. The average Bonchev–Trinajstić information content (AvgIpc) is 2.90. The minimum atomic E-state index is -0.367. The Kier molecular flexibility index (Phi) is 9.03. The molecule has 0 radical (unpaired) electrons. The lowest BCUT2D eigenvalue weighted by molar-refractivity contribution is -0.147. The highest BCUT2D eigenvalue weighted by Gasteiger charge is 2.41. The minimum Gasteiger partial charge on any atom is -0.463 e. The number of ether oxygens (including phenoxy) is 1. The van der Waals surface area contributed by atoms with Crippen LogP contribution < -0.4 is 0 Å². The Morgan fingerprint density at radius 1 is 1.14 bits per heavy atom. The molecule has 0 saturated heterocycles. The van der Waals surface area contributed by atoms with E-state index in [4.69, 9.17) is 16.3 Å². The molecule has 4 atom stereocenters. The van der Waals surface area contributed by atoms with Crippen molar-refractivity contribution >= 4 is 17.6 Å². The van der Waals surface area contributed by atoms with E-state index < -0.39 is 0 Å². The maximum Gasteiger partial charge on any atom is 0.306 e. The number of carbonyl (C=O) groups is 1. The number of unbranched alkanes of at least 4 members (excludes halogenated alkanes) is 3. The Bertz CT molecular complexity index is 632. The minimum absolute atomic E-state index is 0.0262. The summed E-state index contributed by atoms with van der Waals surface area (Å²) in [4.78, 5) is 11.6. The van der Waals surface area contributed by atoms with Gasteiger partial charge < -0.3 is 9.84 Å². The first kappa shape index (κ1) is 24.2. The smallest absolute Gasteiger partial charge is 0.306 e. The Balaban J connectivity index is 1.84. The van der Waals surface area contributed by atoms with Crippen molar-refractivity contribution in [3.05, 3.63) is 35.4 Å². The lowest BCUT2D eigenvalue weighted by Gasteiger charge is -2.25. The number of carbonyl (C=O) groups excluding carboxylic acids is 1. The molecule has 0 aromatic heterocycles. The second kappa shape index (κ2) is 10.8. The number of hydrogen-bond acceptors (Lipinski definition) is 3. The molecule has 4 unspecified atom stereocenters. The van der Waals surface area contributed by atoms with E-state index in [9.17, 15) is 9.90 Å². The summed E-state index contributed by atoms with van der Waals surface area (Å²) < 4.78 is 5.17. The molecule has 2 rings (SSSR count). The molecule has 1 aliphatic rings. The monoisotopic (exact) mass is 422 g/mol. The summed E-state index contributed by atoms with van der Waals surface area (Å²) in [6.45, 7) is 10.4. The van der Waals surface area contributed by atoms with Gasteiger partial charge in [-0.15, -0.1) is 11.6 Å². The maximum atomic E-state index is 11.6. The molecule has 0 bridgehead atoms. The number of rotatable bonds is 9. The molecule has 1 aromatic rings. The van der Waals surface area contributed by atoms with E-state index in [1.165, 1.54) is 11.1 Å². The van der Waals surface area contributed by atoms with Crippen molar-refractivity contribution < 1.29 is 14.6 Å². The number of esters is 1. The van der Waals surface area contributed by atoms with E-state index in [1.807, 2.05) is 13.8 Å². The van der Waals surface area contributed by atoms with Crippen molar-refractivity contribution in [3.8, 4) is 0 Å². The van der Waals surface area contributed by atoms with Gasteiger partial charge in [0.1, 0.15) is 0 Å². The molecular weight excluding hydrogens is 384 g/mol. The summed E-state index contributed by atoms with van der Waals surface area (Å²) in [5.74, 6) is 0.323. The molecule has 1 N–H and O–H groups in total. The van der Waals surface area contributed by atoms with E-state index in [-0.39, 0.29) is 34.9 Å². The quantitative estimate of drug-likeness (QED) is 0.286. The highest BCUT2D eigenvalue weighted by Crippen LogP contribution is 2.45. The van der Waals surface area contributed by atoms with Crippen molar-refractivity contribution in [3.63, 3.8) is 0 Å². The van der Waals surface area contributed by atoms with Crippen LogP contribution in [0.15, 0.2) is 24.3 Å². The normalized spacial score (nSPS) is 24.8. The largest absolute Gasteiger partial charge is 0.463 e. The van der Waals surface area contributed by atoms with E-state index >= 15 is 0 Å². The zero-order valence-corrected chi connectivity index (χ0v) is 19.5. The summed E-state index contributed by atoms with van der Waals surface area (Å²) in [6, 6.07) is 8.74.